The van der Waals surface area contributed by atoms with Gasteiger partial charge in [0.05, 0.1) is 11.0 Å². The zero-order chi connectivity index (χ0) is 15.2. The fourth-order valence-electron chi connectivity index (χ4n) is 1.67. The Kier molecular flexibility index (Phi) is 4.50. The number of nitro benzene ring substituents is 1. The van der Waals surface area contributed by atoms with Gasteiger partial charge in [-0.25, -0.2) is 4.79 Å². The number of nitro groups is 1. The number of benzene rings is 2. The van der Waals surface area contributed by atoms with E-state index in [-0.39, 0.29) is 18.0 Å². The molecule has 0 radical (unpaired) electrons. The Hall–Kier alpha value is -2.89. The van der Waals surface area contributed by atoms with E-state index in [4.69, 9.17) is 9.47 Å². The summed E-state index contributed by atoms with van der Waals surface area (Å²) in [5.41, 5.74) is 0.874. The largest absolute Gasteiger partial charge is 0.482 e. The molecule has 0 saturated heterocycles. The molecule has 0 aliphatic rings. The smallest absolute Gasteiger partial charge is 0.349 e. The van der Waals surface area contributed by atoms with Crippen LogP contribution >= 0.6 is 0 Å². The molecule has 108 valence electrons. The van der Waals surface area contributed by atoms with Crippen molar-refractivity contribution in [3.8, 4) is 11.5 Å². The zero-order valence-electron chi connectivity index (χ0n) is 11.3. The lowest BCUT2D eigenvalue weighted by atomic mass is 10.2. The predicted octanol–water partition coefficient (Wildman–Crippen LogP) is 2.89. The van der Waals surface area contributed by atoms with Crippen LogP contribution in [0.25, 0.3) is 0 Å². The van der Waals surface area contributed by atoms with Gasteiger partial charge in [0.25, 0.3) is 5.69 Å². The van der Waals surface area contributed by atoms with Crippen molar-refractivity contribution in [2.45, 2.75) is 6.92 Å². The van der Waals surface area contributed by atoms with E-state index in [0.29, 0.717) is 5.75 Å². The number of carbonyl (C=O) groups excluding carboxylic acids is 1. The highest BCUT2D eigenvalue weighted by Crippen LogP contribution is 2.19. The van der Waals surface area contributed by atoms with E-state index in [1.807, 2.05) is 19.1 Å². The number of esters is 1. The second-order valence-electron chi connectivity index (χ2n) is 4.33. The van der Waals surface area contributed by atoms with E-state index < -0.39 is 10.9 Å². The summed E-state index contributed by atoms with van der Waals surface area (Å²) in [4.78, 5) is 21.7. The average molecular weight is 287 g/mol. The SMILES string of the molecule is Cc1cccc(OCC(=O)Oc2cccc([N+](=O)[O-])c2)c1. The van der Waals surface area contributed by atoms with Crippen molar-refractivity contribution >= 4 is 11.7 Å². The summed E-state index contributed by atoms with van der Waals surface area (Å²) in [5, 5.41) is 10.6. The van der Waals surface area contributed by atoms with Crippen LogP contribution in [0.5, 0.6) is 11.5 Å². The van der Waals surface area contributed by atoms with Crippen molar-refractivity contribution in [3.05, 3.63) is 64.2 Å². The molecular formula is C15H13NO5. The average Bonchev–Trinajstić information content (AvgIpc) is 2.45. The van der Waals surface area contributed by atoms with E-state index in [1.165, 1.54) is 24.3 Å². The molecule has 6 heteroatoms. The molecule has 0 fully saturated rings. The van der Waals surface area contributed by atoms with Crippen molar-refractivity contribution in [2.75, 3.05) is 6.61 Å². The molecule has 21 heavy (non-hydrogen) atoms. The lowest BCUT2D eigenvalue weighted by molar-refractivity contribution is -0.384. The van der Waals surface area contributed by atoms with E-state index in [2.05, 4.69) is 0 Å². The zero-order valence-corrected chi connectivity index (χ0v) is 11.3. The van der Waals surface area contributed by atoms with Crippen LogP contribution in [0.4, 0.5) is 5.69 Å². The van der Waals surface area contributed by atoms with Crippen molar-refractivity contribution in [3.63, 3.8) is 0 Å². The van der Waals surface area contributed by atoms with E-state index >= 15 is 0 Å². The topological polar surface area (TPSA) is 78.7 Å². The number of non-ortho nitro benzene ring substituents is 1. The summed E-state index contributed by atoms with van der Waals surface area (Å²) in [6.07, 6.45) is 0. The molecule has 2 aromatic rings. The summed E-state index contributed by atoms with van der Waals surface area (Å²) < 4.78 is 10.3. The van der Waals surface area contributed by atoms with Crippen molar-refractivity contribution in [1.29, 1.82) is 0 Å². The minimum Gasteiger partial charge on any atom is -0.482 e. The summed E-state index contributed by atoms with van der Waals surface area (Å²) in [5.74, 6) is 0.0463. The summed E-state index contributed by atoms with van der Waals surface area (Å²) in [6.45, 7) is 1.64. The molecular weight excluding hydrogens is 274 g/mol. The van der Waals surface area contributed by atoms with Gasteiger partial charge in [0, 0.05) is 6.07 Å². The predicted molar refractivity (Wildman–Crippen MR) is 75.4 cm³/mol. The lowest BCUT2D eigenvalue weighted by Crippen LogP contribution is -2.17. The Bertz CT molecular complexity index is 669. The van der Waals surface area contributed by atoms with Crippen LogP contribution < -0.4 is 9.47 Å². The Labute approximate surface area is 121 Å². The molecule has 0 bridgehead atoms. The molecule has 0 amide bonds. The monoisotopic (exact) mass is 287 g/mol. The number of nitrogens with zero attached hydrogens (tertiary/aromatic N) is 1. The summed E-state index contributed by atoms with van der Waals surface area (Å²) in [6, 6.07) is 12.7. The third kappa shape index (κ3) is 4.31. The molecule has 0 aliphatic heterocycles. The molecule has 6 nitrogen and oxygen atoms in total. The van der Waals surface area contributed by atoms with E-state index in [9.17, 15) is 14.9 Å². The molecule has 0 heterocycles. The molecule has 0 atom stereocenters. The second kappa shape index (κ2) is 6.51. The number of rotatable bonds is 5. The van der Waals surface area contributed by atoms with Gasteiger partial charge < -0.3 is 9.47 Å². The fraction of sp³-hybridized carbons (Fsp3) is 0.133. The van der Waals surface area contributed by atoms with Crippen LogP contribution in [0, 0.1) is 17.0 Å². The van der Waals surface area contributed by atoms with Crippen molar-refractivity contribution < 1.29 is 19.2 Å². The minimum atomic E-state index is -0.628. The van der Waals surface area contributed by atoms with Crippen LogP contribution in [-0.2, 0) is 4.79 Å². The quantitative estimate of drug-likeness (QED) is 0.365. The van der Waals surface area contributed by atoms with Crippen molar-refractivity contribution in [2.24, 2.45) is 0 Å². The highest BCUT2D eigenvalue weighted by molar-refractivity contribution is 5.74. The first-order chi connectivity index (χ1) is 10.0. The minimum absolute atomic E-state index is 0.113. The second-order valence-corrected chi connectivity index (χ2v) is 4.33. The van der Waals surface area contributed by atoms with Gasteiger partial charge in [0.15, 0.2) is 6.61 Å². The Morgan fingerprint density at radius 3 is 2.57 bits per heavy atom. The maximum absolute atomic E-state index is 11.6. The van der Waals surface area contributed by atoms with Crippen LogP contribution in [0.2, 0.25) is 0 Å². The van der Waals surface area contributed by atoms with Crippen LogP contribution in [0.15, 0.2) is 48.5 Å². The Morgan fingerprint density at radius 1 is 1.14 bits per heavy atom. The molecule has 0 N–H and O–H groups in total. The molecule has 0 saturated carbocycles. The van der Waals surface area contributed by atoms with Gasteiger partial charge >= 0.3 is 5.97 Å². The highest BCUT2D eigenvalue weighted by Gasteiger charge is 2.10. The third-order valence-electron chi connectivity index (χ3n) is 2.61. The van der Waals surface area contributed by atoms with Crippen molar-refractivity contribution in [1.82, 2.24) is 0 Å². The van der Waals surface area contributed by atoms with Gasteiger partial charge in [0.2, 0.25) is 0 Å². The van der Waals surface area contributed by atoms with Crippen LogP contribution in [-0.4, -0.2) is 17.5 Å². The Balaban J connectivity index is 1.93. The maximum atomic E-state index is 11.6. The first kappa shape index (κ1) is 14.5. The normalized spacial score (nSPS) is 9.95. The number of ether oxygens (including phenoxy) is 2. The number of hydrogen-bond donors (Lipinski definition) is 0. The first-order valence-electron chi connectivity index (χ1n) is 6.19. The summed E-state index contributed by atoms with van der Waals surface area (Å²) in [7, 11) is 0. The van der Waals surface area contributed by atoms with Gasteiger partial charge in [-0.15, -0.1) is 0 Å². The van der Waals surface area contributed by atoms with Crippen LogP contribution in [0.1, 0.15) is 5.56 Å². The van der Waals surface area contributed by atoms with E-state index in [1.54, 1.807) is 12.1 Å². The lowest BCUT2D eigenvalue weighted by Gasteiger charge is -2.07. The first-order valence-corrected chi connectivity index (χ1v) is 6.19. The van der Waals surface area contributed by atoms with Gasteiger partial charge in [-0.2, -0.15) is 0 Å². The molecule has 0 aliphatic carbocycles. The molecule has 2 aromatic carbocycles. The number of carbonyl (C=O) groups is 1. The number of hydrogen-bond acceptors (Lipinski definition) is 5. The molecule has 2 rings (SSSR count). The third-order valence-corrected chi connectivity index (χ3v) is 2.61. The maximum Gasteiger partial charge on any atom is 0.349 e. The Morgan fingerprint density at radius 2 is 1.86 bits per heavy atom. The van der Waals surface area contributed by atoms with E-state index in [0.717, 1.165) is 5.56 Å². The summed E-state index contributed by atoms with van der Waals surface area (Å²) >= 11 is 0. The van der Waals surface area contributed by atoms with Gasteiger partial charge in [-0.05, 0) is 30.7 Å². The van der Waals surface area contributed by atoms with Gasteiger partial charge in [-0.1, -0.05) is 18.2 Å². The molecule has 0 spiro atoms. The molecule has 0 unspecified atom stereocenters. The number of aryl methyl sites for hydroxylation is 1. The van der Waals surface area contributed by atoms with Gasteiger partial charge in [-0.3, -0.25) is 10.1 Å². The van der Waals surface area contributed by atoms with Gasteiger partial charge in [0.1, 0.15) is 11.5 Å². The standard InChI is InChI=1S/C15H13NO5/c1-11-4-2-6-13(8-11)20-10-15(17)21-14-7-3-5-12(9-14)16(18)19/h2-9H,10H2,1H3. The molecule has 0 aromatic heterocycles. The van der Waals surface area contributed by atoms with Crippen LogP contribution in [0.3, 0.4) is 0 Å². The fourth-order valence-corrected chi connectivity index (χ4v) is 1.67. The highest BCUT2D eigenvalue weighted by atomic mass is 16.6.